The van der Waals surface area contributed by atoms with Gasteiger partial charge in [-0.15, -0.1) is 0 Å². The van der Waals surface area contributed by atoms with Crippen LogP contribution < -0.4 is 9.47 Å². The van der Waals surface area contributed by atoms with E-state index in [9.17, 15) is 5.11 Å². The molecule has 2 N–H and O–H groups in total. The van der Waals surface area contributed by atoms with Crippen LogP contribution >= 0.6 is 0 Å². The zero-order valence-corrected chi connectivity index (χ0v) is 12.9. The lowest BCUT2D eigenvalue weighted by Gasteiger charge is -2.20. The van der Waals surface area contributed by atoms with E-state index in [1.54, 1.807) is 0 Å². The van der Waals surface area contributed by atoms with Crippen LogP contribution in [-0.4, -0.2) is 48.8 Å². The van der Waals surface area contributed by atoms with Gasteiger partial charge < -0.3 is 24.4 Å². The molecule has 0 radical (unpaired) electrons. The normalized spacial score (nSPS) is 13.3. The number of hydrogen-bond donors (Lipinski definition) is 2. The van der Waals surface area contributed by atoms with Gasteiger partial charge in [-0.2, -0.15) is 0 Å². The van der Waals surface area contributed by atoms with Gasteiger partial charge in [0.25, 0.3) is 0 Å². The zero-order valence-electron chi connectivity index (χ0n) is 12.9. The molecule has 0 aliphatic rings. The van der Waals surface area contributed by atoms with E-state index in [4.69, 9.17) is 19.3 Å². The van der Waals surface area contributed by atoms with Gasteiger partial charge in [0.15, 0.2) is 6.10 Å². The third-order valence-corrected chi connectivity index (χ3v) is 3.05. The molecule has 0 saturated carbocycles. The molecule has 0 aromatic heterocycles. The Morgan fingerprint density at radius 3 is 2.00 bits per heavy atom. The molecule has 124 valence electrons. The molecule has 0 fully saturated rings. The summed E-state index contributed by atoms with van der Waals surface area (Å²) in [6, 6.07) is 18.9. The van der Waals surface area contributed by atoms with E-state index in [1.807, 2.05) is 60.7 Å². The lowest BCUT2D eigenvalue weighted by Crippen LogP contribution is -2.32. The van der Waals surface area contributed by atoms with Gasteiger partial charge >= 0.3 is 0 Å². The molecular weight excluding hydrogens is 296 g/mol. The van der Waals surface area contributed by atoms with Crippen LogP contribution in [0, 0.1) is 0 Å². The monoisotopic (exact) mass is 318 g/mol. The molecule has 2 aromatic rings. The molecule has 0 heterocycles. The van der Waals surface area contributed by atoms with E-state index >= 15 is 0 Å². The first-order valence-corrected chi connectivity index (χ1v) is 7.54. The van der Waals surface area contributed by atoms with Gasteiger partial charge in [0, 0.05) is 0 Å². The van der Waals surface area contributed by atoms with Gasteiger partial charge in [-0.3, -0.25) is 0 Å². The Hall–Kier alpha value is -2.08. The van der Waals surface area contributed by atoms with Gasteiger partial charge in [-0.05, 0) is 24.3 Å². The van der Waals surface area contributed by atoms with Crippen LogP contribution in [0.4, 0.5) is 0 Å². The molecule has 5 heteroatoms. The van der Waals surface area contributed by atoms with Crippen molar-refractivity contribution in [2.75, 3.05) is 26.4 Å². The van der Waals surface area contributed by atoms with Crippen molar-refractivity contribution in [3.63, 3.8) is 0 Å². The SMILES string of the molecule is OCC(O)COCC(COc1ccccc1)Oc1ccccc1. The summed E-state index contributed by atoms with van der Waals surface area (Å²) in [4.78, 5) is 0. The summed E-state index contributed by atoms with van der Waals surface area (Å²) in [5, 5.41) is 18.1. The topological polar surface area (TPSA) is 68.2 Å². The second-order valence-corrected chi connectivity index (χ2v) is 5.05. The summed E-state index contributed by atoms with van der Waals surface area (Å²) in [5.74, 6) is 1.48. The molecule has 0 aliphatic heterocycles. The number of aliphatic hydroxyl groups excluding tert-OH is 2. The average Bonchev–Trinajstić information content (AvgIpc) is 2.61. The van der Waals surface area contributed by atoms with Crippen molar-refractivity contribution in [2.24, 2.45) is 0 Å². The highest BCUT2D eigenvalue weighted by Gasteiger charge is 2.13. The smallest absolute Gasteiger partial charge is 0.156 e. The van der Waals surface area contributed by atoms with Gasteiger partial charge in [0.05, 0.1) is 19.8 Å². The second-order valence-electron chi connectivity index (χ2n) is 5.05. The third-order valence-electron chi connectivity index (χ3n) is 3.05. The van der Waals surface area contributed by atoms with Crippen molar-refractivity contribution in [3.8, 4) is 11.5 Å². The number of rotatable bonds is 10. The van der Waals surface area contributed by atoms with Gasteiger partial charge in [0.2, 0.25) is 0 Å². The number of para-hydroxylation sites is 2. The maximum atomic E-state index is 9.32. The fourth-order valence-electron chi connectivity index (χ4n) is 1.90. The Balaban J connectivity index is 1.87. The van der Waals surface area contributed by atoms with E-state index in [1.165, 1.54) is 0 Å². The van der Waals surface area contributed by atoms with E-state index in [0.717, 1.165) is 11.5 Å². The molecule has 23 heavy (non-hydrogen) atoms. The number of aliphatic hydroxyl groups is 2. The summed E-state index contributed by atoms with van der Waals surface area (Å²) < 4.78 is 17.0. The van der Waals surface area contributed by atoms with Crippen molar-refractivity contribution < 1.29 is 24.4 Å². The first-order chi connectivity index (χ1) is 11.3. The van der Waals surface area contributed by atoms with Crippen molar-refractivity contribution >= 4 is 0 Å². The Morgan fingerprint density at radius 2 is 1.39 bits per heavy atom. The van der Waals surface area contributed by atoms with E-state index in [2.05, 4.69) is 0 Å². The molecule has 5 nitrogen and oxygen atoms in total. The molecule has 0 aliphatic carbocycles. The lowest BCUT2D eigenvalue weighted by atomic mass is 10.3. The van der Waals surface area contributed by atoms with Gasteiger partial charge in [0.1, 0.15) is 24.2 Å². The fraction of sp³-hybridized carbons (Fsp3) is 0.333. The van der Waals surface area contributed by atoms with Crippen LogP contribution in [0.15, 0.2) is 60.7 Å². The predicted molar refractivity (Wildman–Crippen MR) is 86.7 cm³/mol. The largest absolute Gasteiger partial charge is 0.490 e. The van der Waals surface area contributed by atoms with Crippen LogP contribution in [0.2, 0.25) is 0 Å². The zero-order chi connectivity index (χ0) is 16.3. The Labute approximate surface area is 136 Å². The molecular formula is C18H22O5. The minimum Gasteiger partial charge on any atom is -0.490 e. The fourth-order valence-corrected chi connectivity index (χ4v) is 1.90. The molecule has 2 aromatic carbocycles. The maximum Gasteiger partial charge on any atom is 0.156 e. The summed E-state index contributed by atoms with van der Waals surface area (Å²) in [6.45, 7) is 0.286. The highest BCUT2D eigenvalue weighted by atomic mass is 16.6. The minimum atomic E-state index is -0.887. The summed E-state index contributed by atoms with van der Waals surface area (Å²) in [5.41, 5.74) is 0. The van der Waals surface area contributed by atoms with E-state index in [-0.39, 0.29) is 25.9 Å². The molecule has 0 bridgehead atoms. The Morgan fingerprint density at radius 1 is 0.783 bits per heavy atom. The summed E-state index contributed by atoms with van der Waals surface area (Å²) in [7, 11) is 0. The minimum absolute atomic E-state index is 0.0521. The molecule has 0 spiro atoms. The lowest BCUT2D eigenvalue weighted by molar-refractivity contribution is -0.0270. The summed E-state index contributed by atoms with van der Waals surface area (Å²) in [6.07, 6.45) is -1.22. The average molecular weight is 318 g/mol. The third kappa shape index (κ3) is 6.69. The van der Waals surface area contributed by atoms with E-state index < -0.39 is 6.10 Å². The second kappa shape index (κ2) is 9.84. The van der Waals surface area contributed by atoms with Crippen molar-refractivity contribution in [1.82, 2.24) is 0 Å². The van der Waals surface area contributed by atoms with Crippen molar-refractivity contribution in [3.05, 3.63) is 60.7 Å². The van der Waals surface area contributed by atoms with Crippen molar-refractivity contribution in [2.45, 2.75) is 12.2 Å². The maximum absolute atomic E-state index is 9.32. The van der Waals surface area contributed by atoms with Crippen molar-refractivity contribution in [1.29, 1.82) is 0 Å². The summed E-state index contributed by atoms with van der Waals surface area (Å²) >= 11 is 0. The number of hydrogen-bond acceptors (Lipinski definition) is 5. The molecule has 0 saturated heterocycles. The number of benzene rings is 2. The standard InChI is InChI=1S/C18H22O5/c19-11-15(20)12-21-13-18(23-17-9-5-2-6-10-17)14-22-16-7-3-1-4-8-16/h1-10,15,18-20H,11-14H2. The van der Waals surface area contributed by atoms with Gasteiger partial charge in [-0.25, -0.2) is 0 Å². The van der Waals surface area contributed by atoms with E-state index in [0.29, 0.717) is 6.61 Å². The molecule has 0 amide bonds. The first kappa shape index (κ1) is 17.3. The first-order valence-electron chi connectivity index (χ1n) is 7.54. The molecule has 2 unspecified atom stereocenters. The Bertz CT molecular complexity index is 532. The van der Waals surface area contributed by atoms with Crippen LogP contribution in [0.25, 0.3) is 0 Å². The Kier molecular flexibility index (Phi) is 7.39. The quantitative estimate of drug-likeness (QED) is 0.700. The highest BCUT2D eigenvalue weighted by Crippen LogP contribution is 2.14. The van der Waals surface area contributed by atoms with Crippen LogP contribution in [0.1, 0.15) is 0 Å². The predicted octanol–water partition coefficient (Wildman–Crippen LogP) is 1.88. The number of ether oxygens (including phenoxy) is 3. The van der Waals surface area contributed by atoms with Gasteiger partial charge in [-0.1, -0.05) is 36.4 Å². The van der Waals surface area contributed by atoms with Crippen LogP contribution in [-0.2, 0) is 4.74 Å². The van der Waals surface area contributed by atoms with Crippen LogP contribution in [0.3, 0.4) is 0 Å². The molecule has 2 rings (SSSR count). The highest BCUT2D eigenvalue weighted by molar-refractivity contribution is 5.22. The van der Waals surface area contributed by atoms with Crippen LogP contribution in [0.5, 0.6) is 11.5 Å². The molecule has 2 atom stereocenters.